The van der Waals surface area contributed by atoms with E-state index in [1.165, 1.54) is 25.7 Å². The third kappa shape index (κ3) is 2.51. The summed E-state index contributed by atoms with van der Waals surface area (Å²) in [5.41, 5.74) is 0.813. The van der Waals surface area contributed by atoms with Gasteiger partial charge in [0, 0.05) is 6.20 Å². The van der Waals surface area contributed by atoms with Crippen LogP contribution in [0, 0.1) is 5.41 Å². The summed E-state index contributed by atoms with van der Waals surface area (Å²) in [5, 5.41) is 4.46. The molecule has 0 saturated heterocycles. The fourth-order valence-corrected chi connectivity index (χ4v) is 3.65. The van der Waals surface area contributed by atoms with Crippen molar-refractivity contribution in [3.63, 3.8) is 0 Å². The van der Waals surface area contributed by atoms with E-state index in [4.69, 9.17) is 0 Å². The van der Waals surface area contributed by atoms with Gasteiger partial charge in [-0.25, -0.2) is 9.48 Å². The molecule has 3 rings (SSSR count). The monoisotopic (exact) mass is 291 g/mol. The van der Waals surface area contributed by atoms with Gasteiger partial charge in [-0.15, -0.1) is 5.10 Å². The Hall–Kier alpha value is -1.23. The highest BCUT2D eigenvalue weighted by molar-refractivity contribution is 7.80. The molecule has 2 aromatic heterocycles. The van der Waals surface area contributed by atoms with Gasteiger partial charge in [0.2, 0.25) is 0 Å². The Kier molecular flexibility index (Phi) is 3.87. The van der Waals surface area contributed by atoms with Crippen molar-refractivity contribution in [3.05, 3.63) is 34.9 Å². The summed E-state index contributed by atoms with van der Waals surface area (Å²) >= 11 is 4.57. The molecule has 5 heteroatoms. The van der Waals surface area contributed by atoms with Gasteiger partial charge in [0.1, 0.15) is 0 Å². The van der Waals surface area contributed by atoms with Crippen LogP contribution in [0.2, 0.25) is 0 Å². The van der Waals surface area contributed by atoms with Crippen LogP contribution in [0.3, 0.4) is 0 Å². The Labute approximate surface area is 124 Å². The van der Waals surface area contributed by atoms with Gasteiger partial charge in [-0.05, 0) is 36.1 Å². The summed E-state index contributed by atoms with van der Waals surface area (Å²) < 4.78 is 3.25. The van der Waals surface area contributed by atoms with E-state index >= 15 is 0 Å². The van der Waals surface area contributed by atoms with Gasteiger partial charge in [0.05, 0.1) is 6.54 Å². The number of nitrogens with zero attached hydrogens (tertiary/aromatic N) is 3. The molecule has 0 unspecified atom stereocenters. The van der Waals surface area contributed by atoms with Crippen molar-refractivity contribution >= 4 is 18.3 Å². The molecule has 1 aliphatic rings. The highest BCUT2D eigenvalue weighted by atomic mass is 32.1. The molecular weight excluding hydrogens is 270 g/mol. The van der Waals surface area contributed by atoms with Crippen LogP contribution in [0.1, 0.15) is 38.5 Å². The Balaban J connectivity index is 1.94. The summed E-state index contributed by atoms with van der Waals surface area (Å²) in [7, 11) is 0. The molecule has 0 radical (unpaired) electrons. The highest BCUT2D eigenvalue weighted by Crippen LogP contribution is 2.37. The molecular formula is C15H21N3OS. The average Bonchev–Trinajstić information content (AvgIpc) is 2.66. The molecule has 2 heterocycles. The van der Waals surface area contributed by atoms with E-state index in [9.17, 15) is 4.79 Å². The second-order valence-corrected chi connectivity index (χ2v) is 6.26. The zero-order chi connectivity index (χ0) is 14.0. The largest absolute Gasteiger partial charge is 0.350 e. The average molecular weight is 291 g/mol. The van der Waals surface area contributed by atoms with Crippen LogP contribution in [0.25, 0.3) is 5.65 Å². The standard InChI is InChI=1S/C15H21N3OS/c19-14-17-10-6-3-7-13(17)16-18(14)11-15(12-20)8-4-1-2-5-9-15/h3,6-7,10,20H,1-2,4-5,8-9,11-12H2. The van der Waals surface area contributed by atoms with Gasteiger partial charge < -0.3 is 0 Å². The first-order valence-electron chi connectivity index (χ1n) is 7.39. The minimum Gasteiger partial charge on any atom is -0.250 e. The maximum Gasteiger partial charge on any atom is 0.350 e. The SMILES string of the molecule is O=c1n(CC2(CS)CCCCCC2)nc2ccccn12. The maximum atomic E-state index is 12.4. The van der Waals surface area contributed by atoms with Crippen molar-refractivity contribution in [1.82, 2.24) is 14.2 Å². The van der Waals surface area contributed by atoms with Gasteiger partial charge in [-0.2, -0.15) is 12.6 Å². The summed E-state index contributed by atoms with van der Waals surface area (Å²) in [5.74, 6) is 0.827. The quantitative estimate of drug-likeness (QED) is 0.697. The predicted octanol–water partition coefficient (Wildman–Crippen LogP) is 2.77. The molecule has 0 bridgehead atoms. The molecule has 0 aliphatic heterocycles. The molecule has 1 fully saturated rings. The number of thiol groups is 1. The number of hydrogen-bond donors (Lipinski definition) is 1. The first-order valence-corrected chi connectivity index (χ1v) is 8.02. The van der Waals surface area contributed by atoms with Crippen molar-refractivity contribution in [2.45, 2.75) is 45.1 Å². The molecule has 4 nitrogen and oxygen atoms in total. The second kappa shape index (κ2) is 5.64. The third-order valence-electron chi connectivity index (χ3n) is 4.47. The van der Waals surface area contributed by atoms with Gasteiger partial charge in [0.15, 0.2) is 5.65 Å². The van der Waals surface area contributed by atoms with Crippen LogP contribution >= 0.6 is 12.6 Å². The topological polar surface area (TPSA) is 39.3 Å². The number of fused-ring (bicyclic) bond motifs is 1. The van der Waals surface area contributed by atoms with Crippen LogP contribution in [0.5, 0.6) is 0 Å². The van der Waals surface area contributed by atoms with Crippen molar-refractivity contribution in [1.29, 1.82) is 0 Å². The van der Waals surface area contributed by atoms with E-state index < -0.39 is 0 Å². The van der Waals surface area contributed by atoms with Crippen LogP contribution in [-0.4, -0.2) is 19.9 Å². The number of aromatic nitrogens is 3. The molecule has 2 aromatic rings. The number of hydrogen-bond acceptors (Lipinski definition) is 3. The third-order valence-corrected chi connectivity index (χ3v) is 5.14. The molecule has 0 aromatic carbocycles. The second-order valence-electron chi connectivity index (χ2n) is 5.94. The predicted molar refractivity (Wildman–Crippen MR) is 83.4 cm³/mol. The smallest absolute Gasteiger partial charge is 0.250 e. The Bertz CT molecular complexity index is 638. The maximum absolute atomic E-state index is 12.4. The van der Waals surface area contributed by atoms with E-state index in [0.717, 1.165) is 24.2 Å². The van der Waals surface area contributed by atoms with Gasteiger partial charge >= 0.3 is 5.69 Å². The lowest BCUT2D eigenvalue weighted by molar-refractivity contribution is 0.227. The molecule has 0 amide bonds. The first-order chi connectivity index (χ1) is 9.74. The normalized spacial score (nSPS) is 19.1. The van der Waals surface area contributed by atoms with Crippen LogP contribution in [-0.2, 0) is 6.54 Å². The summed E-state index contributed by atoms with van der Waals surface area (Å²) in [4.78, 5) is 12.4. The minimum absolute atomic E-state index is 0.0361. The van der Waals surface area contributed by atoms with Gasteiger partial charge in [-0.3, -0.25) is 4.40 Å². The molecule has 20 heavy (non-hydrogen) atoms. The van der Waals surface area contributed by atoms with Gasteiger partial charge in [-0.1, -0.05) is 31.7 Å². The molecule has 0 spiro atoms. The van der Waals surface area contributed by atoms with Crippen LogP contribution < -0.4 is 5.69 Å². The lowest BCUT2D eigenvalue weighted by Crippen LogP contribution is -2.34. The van der Waals surface area contributed by atoms with Crippen molar-refractivity contribution in [2.24, 2.45) is 5.41 Å². The summed E-state index contributed by atoms with van der Waals surface area (Å²) in [6, 6.07) is 5.64. The van der Waals surface area contributed by atoms with Crippen molar-refractivity contribution in [3.8, 4) is 0 Å². The van der Waals surface area contributed by atoms with Crippen molar-refractivity contribution < 1.29 is 0 Å². The lowest BCUT2D eigenvalue weighted by atomic mass is 9.82. The van der Waals surface area contributed by atoms with Gasteiger partial charge in [0.25, 0.3) is 0 Å². The molecule has 0 atom stereocenters. The van der Waals surface area contributed by atoms with Crippen LogP contribution in [0.15, 0.2) is 29.2 Å². The molecule has 1 saturated carbocycles. The summed E-state index contributed by atoms with van der Waals surface area (Å²) in [6.45, 7) is 0.691. The lowest BCUT2D eigenvalue weighted by Gasteiger charge is -2.30. The van der Waals surface area contributed by atoms with E-state index in [2.05, 4.69) is 17.7 Å². The van der Waals surface area contributed by atoms with Crippen LogP contribution in [0.4, 0.5) is 0 Å². The fraction of sp³-hybridized carbons (Fsp3) is 0.600. The van der Waals surface area contributed by atoms with E-state index in [-0.39, 0.29) is 11.1 Å². The summed E-state index contributed by atoms with van der Waals surface area (Å²) in [6.07, 6.45) is 9.16. The zero-order valence-electron chi connectivity index (χ0n) is 11.7. The number of rotatable bonds is 3. The first kappa shape index (κ1) is 13.7. The van der Waals surface area contributed by atoms with E-state index in [1.807, 2.05) is 18.2 Å². The zero-order valence-corrected chi connectivity index (χ0v) is 12.6. The Morgan fingerprint density at radius 1 is 1.20 bits per heavy atom. The molecule has 108 valence electrons. The fourth-order valence-electron chi connectivity index (χ4n) is 3.23. The molecule has 0 N–H and O–H groups in total. The minimum atomic E-state index is -0.0361. The Morgan fingerprint density at radius 3 is 2.60 bits per heavy atom. The Morgan fingerprint density at radius 2 is 1.95 bits per heavy atom. The van der Waals surface area contributed by atoms with E-state index in [0.29, 0.717) is 6.54 Å². The highest BCUT2D eigenvalue weighted by Gasteiger charge is 2.31. The van der Waals surface area contributed by atoms with E-state index in [1.54, 1.807) is 15.3 Å². The van der Waals surface area contributed by atoms with Crippen molar-refractivity contribution in [2.75, 3.05) is 5.75 Å². The number of pyridine rings is 1. The molecule has 1 aliphatic carbocycles.